The molecule has 0 aliphatic carbocycles. The number of oxazole rings is 1. The second-order valence-corrected chi connectivity index (χ2v) is 6.45. The van der Waals surface area contributed by atoms with E-state index in [2.05, 4.69) is 20.2 Å². The highest BCUT2D eigenvalue weighted by Gasteiger charge is 2.28. The Balaban J connectivity index is 0.00000280. The summed E-state index contributed by atoms with van der Waals surface area (Å²) in [4.78, 5) is 23.0. The Kier molecular flexibility index (Phi) is 8.75. The summed E-state index contributed by atoms with van der Waals surface area (Å²) in [6, 6.07) is 9.79. The molecule has 3 rings (SSSR count). The number of aromatic nitrogens is 1. The zero-order chi connectivity index (χ0) is 19.1. The van der Waals surface area contributed by atoms with Crippen LogP contribution in [0.1, 0.15) is 25.5 Å². The SMILES string of the molecule is CCOC(=O)C1CCCN(C(=NC)NCc2coc(-c3ccccc3)n2)C1.I. The van der Waals surface area contributed by atoms with E-state index in [1.165, 1.54) is 0 Å². The van der Waals surface area contributed by atoms with Crippen LogP contribution in [0.5, 0.6) is 0 Å². The van der Waals surface area contributed by atoms with Gasteiger partial charge < -0.3 is 19.4 Å². The van der Waals surface area contributed by atoms with Crippen molar-refractivity contribution in [3.63, 3.8) is 0 Å². The number of halogens is 1. The van der Waals surface area contributed by atoms with Gasteiger partial charge in [0.1, 0.15) is 6.26 Å². The largest absolute Gasteiger partial charge is 0.466 e. The molecule has 1 aromatic heterocycles. The lowest BCUT2D eigenvalue weighted by molar-refractivity contribution is -0.149. The molecule has 152 valence electrons. The molecule has 0 bridgehead atoms. The summed E-state index contributed by atoms with van der Waals surface area (Å²) in [6.45, 7) is 4.23. The van der Waals surface area contributed by atoms with Crippen molar-refractivity contribution in [3.05, 3.63) is 42.3 Å². The van der Waals surface area contributed by atoms with Crippen LogP contribution < -0.4 is 5.32 Å². The van der Waals surface area contributed by atoms with Gasteiger partial charge in [-0.15, -0.1) is 24.0 Å². The van der Waals surface area contributed by atoms with Crippen molar-refractivity contribution < 1.29 is 13.9 Å². The van der Waals surface area contributed by atoms with Gasteiger partial charge in [-0.25, -0.2) is 4.98 Å². The maximum atomic E-state index is 12.0. The lowest BCUT2D eigenvalue weighted by atomic mass is 9.98. The summed E-state index contributed by atoms with van der Waals surface area (Å²) >= 11 is 0. The highest BCUT2D eigenvalue weighted by Crippen LogP contribution is 2.19. The second kappa shape index (κ2) is 11.0. The van der Waals surface area contributed by atoms with Gasteiger partial charge in [-0.3, -0.25) is 9.79 Å². The predicted octanol–water partition coefficient (Wildman–Crippen LogP) is 3.31. The van der Waals surface area contributed by atoms with Gasteiger partial charge >= 0.3 is 5.97 Å². The number of carbonyl (C=O) groups is 1. The van der Waals surface area contributed by atoms with Crippen LogP contribution in [0, 0.1) is 5.92 Å². The fourth-order valence-electron chi connectivity index (χ4n) is 3.23. The number of ether oxygens (including phenoxy) is 1. The molecule has 2 aromatic rings. The summed E-state index contributed by atoms with van der Waals surface area (Å²) < 4.78 is 10.7. The van der Waals surface area contributed by atoms with E-state index in [0.29, 0.717) is 25.6 Å². The molecule has 0 amide bonds. The Morgan fingerprint density at radius 2 is 2.18 bits per heavy atom. The molecule has 1 aromatic carbocycles. The van der Waals surface area contributed by atoms with Crippen LogP contribution in [0.3, 0.4) is 0 Å². The topological polar surface area (TPSA) is 80.0 Å². The first-order chi connectivity index (χ1) is 13.2. The average molecular weight is 498 g/mol. The van der Waals surface area contributed by atoms with E-state index in [-0.39, 0.29) is 35.9 Å². The Morgan fingerprint density at radius 1 is 1.39 bits per heavy atom. The number of guanidine groups is 1. The molecule has 1 aliphatic rings. The van der Waals surface area contributed by atoms with Crippen molar-refractivity contribution in [1.29, 1.82) is 0 Å². The van der Waals surface area contributed by atoms with Crippen molar-refractivity contribution in [2.24, 2.45) is 10.9 Å². The lowest BCUT2D eigenvalue weighted by Gasteiger charge is -2.33. The number of rotatable bonds is 5. The van der Waals surface area contributed by atoms with Crippen molar-refractivity contribution in [1.82, 2.24) is 15.2 Å². The number of hydrogen-bond acceptors (Lipinski definition) is 5. The third-order valence-corrected chi connectivity index (χ3v) is 4.55. The standard InChI is InChI=1S/C20H26N4O3.HI/c1-3-26-19(25)16-10-7-11-24(13-16)20(21-2)22-12-17-14-27-18(23-17)15-8-5-4-6-9-15;/h4-6,8-9,14,16H,3,7,10-13H2,1-2H3,(H,21,22);1H. The molecule has 1 saturated heterocycles. The van der Waals surface area contributed by atoms with Crippen LogP contribution in [0.25, 0.3) is 11.5 Å². The van der Waals surface area contributed by atoms with Crippen molar-refractivity contribution in [2.75, 3.05) is 26.7 Å². The number of esters is 1. The monoisotopic (exact) mass is 498 g/mol. The summed E-state index contributed by atoms with van der Waals surface area (Å²) in [7, 11) is 1.74. The minimum absolute atomic E-state index is 0. The molecule has 0 radical (unpaired) electrons. The fourth-order valence-corrected chi connectivity index (χ4v) is 3.23. The number of nitrogens with one attached hydrogen (secondary N) is 1. The van der Waals surface area contributed by atoms with E-state index in [1.54, 1.807) is 13.3 Å². The van der Waals surface area contributed by atoms with E-state index >= 15 is 0 Å². The van der Waals surface area contributed by atoms with Crippen LogP contribution in [0.2, 0.25) is 0 Å². The van der Waals surface area contributed by atoms with Crippen molar-refractivity contribution in [2.45, 2.75) is 26.3 Å². The zero-order valence-electron chi connectivity index (χ0n) is 16.3. The molecule has 1 fully saturated rings. The minimum Gasteiger partial charge on any atom is -0.466 e. The number of aliphatic imine (C=N–C) groups is 1. The van der Waals surface area contributed by atoms with Gasteiger partial charge in [0, 0.05) is 25.7 Å². The molecule has 0 saturated carbocycles. The first kappa shape index (κ1) is 22.2. The molecular weight excluding hydrogens is 471 g/mol. The van der Waals surface area contributed by atoms with Gasteiger partial charge in [0.05, 0.1) is 24.8 Å². The van der Waals surface area contributed by atoms with Gasteiger partial charge in [0.15, 0.2) is 5.96 Å². The fraction of sp³-hybridized carbons (Fsp3) is 0.450. The summed E-state index contributed by atoms with van der Waals surface area (Å²) in [5, 5.41) is 3.31. The van der Waals surface area contributed by atoms with Gasteiger partial charge in [0.25, 0.3) is 0 Å². The number of carbonyl (C=O) groups excluding carboxylic acids is 1. The Labute approximate surface area is 182 Å². The number of nitrogens with zero attached hydrogens (tertiary/aromatic N) is 3. The Hall–Kier alpha value is -2.10. The van der Waals surface area contributed by atoms with E-state index < -0.39 is 0 Å². The maximum absolute atomic E-state index is 12.0. The second-order valence-electron chi connectivity index (χ2n) is 6.45. The molecular formula is C20H27IN4O3. The van der Waals surface area contributed by atoms with E-state index in [0.717, 1.165) is 36.6 Å². The normalized spacial score (nSPS) is 17.0. The first-order valence-corrected chi connectivity index (χ1v) is 9.33. The molecule has 1 aliphatic heterocycles. The summed E-state index contributed by atoms with van der Waals surface area (Å²) in [5.74, 6) is 1.13. The predicted molar refractivity (Wildman–Crippen MR) is 118 cm³/mol. The molecule has 1 atom stereocenters. The van der Waals surface area contributed by atoms with Crippen LogP contribution in [0.4, 0.5) is 0 Å². The molecule has 28 heavy (non-hydrogen) atoms. The van der Waals surface area contributed by atoms with Gasteiger partial charge in [0.2, 0.25) is 5.89 Å². The lowest BCUT2D eigenvalue weighted by Crippen LogP contribution is -2.48. The number of hydrogen-bond donors (Lipinski definition) is 1. The van der Waals surface area contributed by atoms with E-state index in [1.807, 2.05) is 37.3 Å². The van der Waals surface area contributed by atoms with E-state index in [4.69, 9.17) is 9.15 Å². The average Bonchev–Trinajstić information content (AvgIpc) is 3.19. The molecule has 8 heteroatoms. The first-order valence-electron chi connectivity index (χ1n) is 9.33. The summed E-state index contributed by atoms with van der Waals surface area (Å²) in [6.07, 6.45) is 3.45. The van der Waals surface area contributed by atoms with Crippen LogP contribution in [0.15, 0.2) is 46.0 Å². The van der Waals surface area contributed by atoms with Crippen LogP contribution in [-0.2, 0) is 16.1 Å². The highest BCUT2D eigenvalue weighted by atomic mass is 127. The van der Waals surface area contributed by atoms with Crippen molar-refractivity contribution in [3.8, 4) is 11.5 Å². The maximum Gasteiger partial charge on any atom is 0.310 e. The number of likely N-dealkylation sites (tertiary alicyclic amines) is 1. The number of piperidine rings is 1. The molecule has 0 spiro atoms. The van der Waals surface area contributed by atoms with E-state index in [9.17, 15) is 4.79 Å². The smallest absolute Gasteiger partial charge is 0.310 e. The quantitative estimate of drug-likeness (QED) is 0.295. The van der Waals surface area contributed by atoms with Crippen LogP contribution in [-0.4, -0.2) is 48.6 Å². The third kappa shape index (κ3) is 5.70. The Morgan fingerprint density at radius 3 is 2.89 bits per heavy atom. The Bertz CT molecular complexity index is 779. The molecule has 2 heterocycles. The van der Waals surface area contributed by atoms with Gasteiger partial charge in [-0.2, -0.15) is 0 Å². The summed E-state index contributed by atoms with van der Waals surface area (Å²) in [5.41, 5.74) is 1.75. The van der Waals surface area contributed by atoms with Crippen LogP contribution >= 0.6 is 24.0 Å². The van der Waals surface area contributed by atoms with Gasteiger partial charge in [-0.1, -0.05) is 18.2 Å². The number of benzene rings is 1. The minimum atomic E-state index is -0.123. The van der Waals surface area contributed by atoms with Crippen molar-refractivity contribution >= 4 is 35.9 Å². The molecule has 1 N–H and O–H groups in total. The van der Waals surface area contributed by atoms with Gasteiger partial charge in [-0.05, 0) is 31.9 Å². The zero-order valence-corrected chi connectivity index (χ0v) is 18.6. The third-order valence-electron chi connectivity index (χ3n) is 4.55. The molecule has 1 unspecified atom stereocenters. The molecule has 7 nitrogen and oxygen atoms in total. The highest BCUT2D eigenvalue weighted by molar-refractivity contribution is 14.0.